The van der Waals surface area contributed by atoms with Gasteiger partial charge in [-0.25, -0.2) is 4.68 Å². The lowest BCUT2D eigenvalue weighted by Gasteiger charge is -2.01. The van der Waals surface area contributed by atoms with Crippen molar-refractivity contribution in [1.82, 2.24) is 9.78 Å². The van der Waals surface area contributed by atoms with Gasteiger partial charge in [-0.2, -0.15) is 10.1 Å². The maximum Gasteiger partial charge on any atom is 0.279 e. The molecule has 0 aliphatic carbocycles. The minimum atomic E-state index is -0.401. The number of ketones is 1. The smallest absolute Gasteiger partial charge is 0.279 e. The number of hydrogen-bond acceptors (Lipinski definition) is 5. The third-order valence-corrected chi connectivity index (χ3v) is 5.82. The van der Waals surface area contributed by atoms with Crippen molar-refractivity contribution >= 4 is 46.0 Å². The minimum absolute atomic E-state index is 0.198. The van der Waals surface area contributed by atoms with Gasteiger partial charge in [-0.1, -0.05) is 47.2 Å². The summed E-state index contributed by atoms with van der Waals surface area (Å²) in [5.74, 6) is -0.599. The first kappa shape index (κ1) is 18.5. The minimum Gasteiger partial charge on any atom is -0.285 e. The molecule has 2 heterocycles. The van der Waals surface area contributed by atoms with Gasteiger partial charge in [-0.15, -0.1) is 11.3 Å². The molecule has 28 heavy (non-hydrogen) atoms. The van der Waals surface area contributed by atoms with Crippen molar-refractivity contribution in [3.63, 3.8) is 0 Å². The molecule has 138 valence electrons. The molecular weight excluding hydrogens is 414 g/mol. The van der Waals surface area contributed by atoms with Crippen molar-refractivity contribution in [3.8, 4) is 5.69 Å². The molecule has 0 saturated carbocycles. The lowest BCUT2D eigenvalue weighted by atomic mass is 10.2. The molecule has 0 spiro atoms. The Labute approximate surface area is 173 Å². The number of carbonyl (C=O) groups excluding carboxylic acids is 2. The van der Waals surface area contributed by atoms with Gasteiger partial charge in [0.15, 0.2) is 5.01 Å². The number of benzene rings is 2. The molecule has 0 aliphatic rings. The van der Waals surface area contributed by atoms with Crippen molar-refractivity contribution in [3.05, 3.63) is 97.4 Å². The average Bonchev–Trinajstić information content (AvgIpc) is 3.39. The number of amides is 1. The standard InChI is InChI=1S/C20H12ClN3O2S2/c21-14-8-10-15(11-9-14)24-20(22-18(26)13-5-2-1-3-6-13)28-19(23-24)17(25)16-7-4-12-27-16/h1-12H. The van der Waals surface area contributed by atoms with Crippen LogP contribution in [0.15, 0.2) is 77.1 Å². The fourth-order valence-electron chi connectivity index (χ4n) is 2.44. The molecule has 0 aliphatic heterocycles. The van der Waals surface area contributed by atoms with Crippen LogP contribution in [0.3, 0.4) is 0 Å². The third kappa shape index (κ3) is 3.87. The highest BCUT2D eigenvalue weighted by molar-refractivity contribution is 7.15. The maximum absolute atomic E-state index is 12.7. The fraction of sp³-hybridized carbons (Fsp3) is 0. The fourth-order valence-corrected chi connectivity index (χ4v) is 4.16. The van der Waals surface area contributed by atoms with Gasteiger partial charge in [-0.05, 0) is 47.8 Å². The molecule has 4 aromatic rings. The van der Waals surface area contributed by atoms with Crippen LogP contribution in [0.2, 0.25) is 5.02 Å². The van der Waals surface area contributed by atoms with Crippen LogP contribution < -0.4 is 4.80 Å². The quantitative estimate of drug-likeness (QED) is 0.448. The Bertz CT molecular complexity index is 1190. The molecule has 1 amide bonds. The van der Waals surface area contributed by atoms with Crippen LogP contribution in [-0.4, -0.2) is 21.5 Å². The molecule has 0 atom stereocenters. The van der Waals surface area contributed by atoms with E-state index in [1.807, 2.05) is 17.5 Å². The number of rotatable bonds is 4. The van der Waals surface area contributed by atoms with E-state index in [1.54, 1.807) is 54.6 Å². The second-order valence-corrected chi connectivity index (χ2v) is 8.01. The van der Waals surface area contributed by atoms with Crippen LogP contribution >= 0.6 is 34.3 Å². The molecule has 0 unspecified atom stereocenters. The highest BCUT2D eigenvalue weighted by Crippen LogP contribution is 2.17. The molecule has 4 rings (SSSR count). The van der Waals surface area contributed by atoms with E-state index in [-0.39, 0.29) is 10.8 Å². The van der Waals surface area contributed by atoms with Gasteiger partial charge in [0.1, 0.15) is 0 Å². The van der Waals surface area contributed by atoms with Gasteiger partial charge in [0, 0.05) is 10.6 Å². The second-order valence-electron chi connectivity index (χ2n) is 5.67. The Morgan fingerprint density at radius 1 is 0.964 bits per heavy atom. The molecule has 2 aromatic heterocycles. The highest BCUT2D eigenvalue weighted by Gasteiger charge is 2.18. The summed E-state index contributed by atoms with van der Waals surface area (Å²) in [7, 11) is 0. The van der Waals surface area contributed by atoms with Crippen molar-refractivity contribution in [2.45, 2.75) is 0 Å². The zero-order valence-electron chi connectivity index (χ0n) is 14.3. The van der Waals surface area contributed by atoms with Gasteiger partial charge in [0.05, 0.1) is 10.6 Å². The normalized spacial score (nSPS) is 11.5. The van der Waals surface area contributed by atoms with E-state index < -0.39 is 5.91 Å². The summed E-state index contributed by atoms with van der Waals surface area (Å²) < 4.78 is 1.49. The Kier molecular flexibility index (Phi) is 5.29. The van der Waals surface area contributed by atoms with E-state index in [9.17, 15) is 9.59 Å². The third-order valence-electron chi connectivity index (χ3n) is 3.79. The van der Waals surface area contributed by atoms with E-state index in [0.717, 1.165) is 11.3 Å². The summed E-state index contributed by atoms with van der Waals surface area (Å²) >= 11 is 8.39. The SMILES string of the molecule is O=C(N=c1sc(C(=O)c2cccs2)nn1-c1ccc(Cl)cc1)c1ccccc1. The molecular formula is C20H12ClN3O2S2. The van der Waals surface area contributed by atoms with Gasteiger partial charge < -0.3 is 0 Å². The Hall–Kier alpha value is -2.87. The number of nitrogens with zero attached hydrogens (tertiary/aromatic N) is 3. The molecule has 0 saturated heterocycles. The Balaban J connectivity index is 1.83. The van der Waals surface area contributed by atoms with Crippen LogP contribution in [0.4, 0.5) is 0 Å². The van der Waals surface area contributed by atoms with Crippen LogP contribution in [0.25, 0.3) is 5.69 Å². The first-order chi connectivity index (χ1) is 13.6. The lowest BCUT2D eigenvalue weighted by Crippen LogP contribution is -2.16. The van der Waals surface area contributed by atoms with Crippen molar-refractivity contribution in [1.29, 1.82) is 0 Å². The molecule has 8 heteroatoms. The second kappa shape index (κ2) is 8.02. The topological polar surface area (TPSA) is 64.3 Å². The van der Waals surface area contributed by atoms with Gasteiger partial charge in [0.2, 0.25) is 10.6 Å². The van der Waals surface area contributed by atoms with E-state index in [1.165, 1.54) is 16.0 Å². The number of halogens is 1. The van der Waals surface area contributed by atoms with E-state index in [4.69, 9.17) is 11.6 Å². The molecule has 0 bridgehead atoms. The lowest BCUT2D eigenvalue weighted by molar-refractivity contribution is 0.0996. The summed E-state index contributed by atoms with van der Waals surface area (Å²) in [6.45, 7) is 0. The summed E-state index contributed by atoms with van der Waals surface area (Å²) in [5.41, 5.74) is 1.12. The van der Waals surface area contributed by atoms with E-state index >= 15 is 0 Å². The monoisotopic (exact) mass is 425 g/mol. The number of thiophene rings is 1. The highest BCUT2D eigenvalue weighted by atomic mass is 35.5. The van der Waals surface area contributed by atoms with Crippen molar-refractivity contribution in [2.24, 2.45) is 4.99 Å². The Morgan fingerprint density at radius 2 is 1.71 bits per heavy atom. The number of hydrogen-bond donors (Lipinski definition) is 0. The summed E-state index contributed by atoms with van der Waals surface area (Å²) in [4.78, 5) is 30.4. The molecule has 0 fully saturated rings. The van der Waals surface area contributed by atoms with Crippen molar-refractivity contribution < 1.29 is 9.59 Å². The van der Waals surface area contributed by atoms with Crippen molar-refractivity contribution in [2.75, 3.05) is 0 Å². The molecule has 0 radical (unpaired) electrons. The number of carbonyl (C=O) groups is 2. The summed E-state index contributed by atoms with van der Waals surface area (Å²) in [5, 5.41) is 7.09. The van der Waals surface area contributed by atoms with Gasteiger partial charge in [-0.3, -0.25) is 9.59 Å². The van der Waals surface area contributed by atoms with Crippen LogP contribution in [0.5, 0.6) is 0 Å². The van der Waals surface area contributed by atoms with Gasteiger partial charge in [0.25, 0.3) is 5.91 Å². The molecule has 2 aromatic carbocycles. The van der Waals surface area contributed by atoms with Crippen LogP contribution in [0.1, 0.15) is 25.0 Å². The maximum atomic E-state index is 12.7. The molecule has 0 N–H and O–H groups in total. The van der Waals surface area contributed by atoms with Crippen LogP contribution in [-0.2, 0) is 0 Å². The average molecular weight is 426 g/mol. The van der Waals surface area contributed by atoms with E-state index in [2.05, 4.69) is 10.1 Å². The molecule has 5 nitrogen and oxygen atoms in total. The zero-order chi connectivity index (χ0) is 19.5. The number of aromatic nitrogens is 2. The van der Waals surface area contributed by atoms with E-state index in [0.29, 0.717) is 26.0 Å². The predicted octanol–water partition coefficient (Wildman–Crippen LogP) is 4.62. The summed E-state index contributed by atoms with van der Waals surface area (Å²) in [6, 6.07) is 19.3. The largest absolute Gasteiger partial charge is 0.285 e. The Morgan fingerprint density at radius 3 is 2.39 bits per heavy atom. The first-order valence-electron chi connectivity index (χ1n) is 8.20. The van der Waals surface area contributed by atoms with Gasteiger partial charge >= 0.3 is 0 Å². The summed E-state index contributed by atoms with van der Waals surface area (Å²) in [6.07, 6.45) is 0. The zero-order valence-corrected chi connectivity index (χ0v) is 16.7. The van der Waals surface area contributed by atoms with Crippen LogP contribution in [0, 0.1) is 0 Å². The first-order valence-corrected chi connectivity index (χ1v) is 10.3. The predicted molar refractivity (Wildman–Crippen MR) is 111 cm³/mol.